The minimum absolute atomic E-state index is 0. The first-order chi connectivity index (χ1) is 20.4. The van der Waals surface area contributed by atoms with Gasteiger partial charge in [0, 0.05) is 10.5 Å². The Labute approximate surface area is 292 Å². The Morgan fingerprint density at radius 3 is 0.721 bits per heavy atom. The second kappa shape index (κ2) is 40.3. The summed E-state index contributed by atoms with van der Waals surface area (Å²) in [7, 11) is 0. The molecule has 2 unspecified atom stereocenters. The van der Waals surface area contributed by atoms with Gasteiger partial charge in [-0.25, -0.2) is 0 Å². The van der Waals surface area contributed by atoms with E-state index in [2.05, 4.69) is 39.1 Å². The third-order valence-corrected chi connectivity index (χ3v) is 9.14. The van der Waals surface area contributed by atoms with Crippen molar-refractivity contribution in [3.63, 3.8) is 0 Å². The molecule has 0 saturated carbocycles. The molecule has 7 heteroatoms. The molecular formula is C36H70O4S2Zn. The van der Waals surface area contributed by atoms with Crippen molar-refractivity contribution >= 4 is 37.2 Å². The quantitative estimate of drug-likeness (QED) is 0.0417. The summed E-state index contributed by atoms with van der Waals surface area (Å²) in [6, 6.07) is 0. The summed E-state index contributed by atoms with van der Waals surface area (Å²) in [5, 5.41) is 19.8. The van der Waals surface area contributed by atoms with E-state index in [9.17, 15) is 19.8 Å². The second-order valence-corrected chi connectivity index (χ2v) is 13.7. The largest absolute Gasteiger partial charge is 2.00 e. The van der Waals surface area contributed by atoms with Crippen molar-refractivity contribution in [1.82, 2.24) is 0 Å². The molecule has 0 fully saturated rings. The Morgan fingerprint density at radius 2 is 0.558 bits per heavy atom. The molecule has 252 valence electrons. The van der Waals surface area contributed by atoms with E-state index in [1.165, 1.54) is 154 Å². The molecule has 0 saturated heterocycles. The molecule has 2 atom stereocenters. The van der Waals surface area contributed by atoms with Crippen LogP contribution in [0.1, 0.15) is 206 Å². The van der Waals surface area contributed by atoms with Crippen LogP contribution < -0.4 is 10.2 Å². The fraction of sp³-hybridized carbons (Fsp3) is 0.944. The topological polar surface area (TPSA) is 80.3 Å². The minimum atomic E-state index is -1.03. The Bertz CT molecular complexity index is 517. The van der Waals surface area contributed by atoms with E-state index >= 15 is 0 Å². The summed E-state index contributed by atoms with van der Waals surface area (Å²) in [5.41, 5.74) is 0. The fourth-order valence-corrected chi connectivity index (χ4v) is 5.67. The van der Waals surface area contributed by atoms with Gasteiger partial charge in [0.05, 0.1) is 11.9 Å². The molecule has 0 aromatic heterocycles. The maximum atomic E-state index is 10.5. The van der Waals surface area contributed by atoms with Crippen LogP contribution in [0.4, 0.5) is 0 Å². The Morgan fingerprint density at radius 1 is 0.395 bits per heavy atom. The van der Waals surface area contributed by atoms with Gasteiger partial charge in [0.25, 0.3) is 0 Å². The molecule has 0 aliphatic heterocycles. The zero-order valence-corrected chi connectivity index (χ0v) is 33.4. The first-order valence-corrected chi connectivity index (χ1v) is 19.2. The second-order valence-electron chi connectivity index (χ2n) is 12.4. The molecule has 0 heterocycles. The van der Waals surface area contributed by atoms with E-state index in [0.29, 0.717) is 12.8 Å². The van der Waals surface area contributed by atoms with Crippen LogP contribution in [0.25, 0.3) is 0 Å². The summed E-state index contributed by atoms with van der Waals surface area (Å²) < 4.78 is 0. The number of hydrogen-bond donors (Lipinski definition) is 2. The molecule has 0 rings (SSSR count). The van der Waals surface area contributed by atoms with Gasteiger partial charge in [0.2, 0.25) is 0 Å². The van der Waals surface area contributed by atoms with E-state index in [4.69, 9.17) is 0 Å². The monoisotopic (exact) mass is 694 g/mol. The first kappa shape index (κ1) is 47.7. The SMILES string of the molecule is CCCCCCCCCCCCCCCCC(S)C(=O)[O-].CCCCCCCCCCCCCCCCC(S)C(=O)[O-].[Zn+2]. The van der Waals surface area contributed by atoms with Crippen LogP contribution in [0.15, 0.2) is 0 Å². The summed E-state index contributed by atoms with van der Waals surface area (Å²) in [4.78, 5) is 21.0. The van der Waals surface area contributed by atoms with Gasteiger partial charge in [-0.2, -0.15) is 25.3 Å². The number of unbranched alkanes of at least 4 members (excludes halogenated alkanes) is 26. The third-order valence-electron chi connectivity index (χ3n) is 8.21. The molecular weight excluding hydrogens is 626 g/mol. The van der Waals surface area contributed by atoms with Crippen molar-refractivity contribution in [2.24, 2.45) is 0 Å². The molecule has 43 heavy (non-hydrogen) atoms. The number of carboxylic acids is 2. The number of hydrogen-bond acceptors (Lipinski definition) is 6. The standard InChI is InChI=1S/2C18H36O2S.Zn/c2*1-2-3-4-5-6-7-8-9-10-11-12-13-14-15-16-17(21)18(19)20;/h2*17,21H,2-16H2,1H3,(H,19,20);/q;;+2/p-2. The average molecular weight is 696 g/mol. The minimum Gasteiger partial charge on any atom is -0.549 e. The van der Waals surface area contributed by atoms with Crippen molar-refractivity contribution in [3.05, 3.63) is 0 Å². The number of carboxylic acid groups (broad SMARTS) is 2. The van der Waals surface area contributed by atoms with Crippen LogP contribution in [-0.4, -0.2) is 22.4 Å². The third kappa shape index (κ3) is 42.3. The summed E-state index contributed by atoms with van der Waals surface area (Å²) in [5.74, 6) is -2.07. The molecule has 0 aliphatic carbocycles. The van der Waals surface area contributed by atoms with E-state index in [1.54, 1.807) is 0 Å². The summed E-state index contributed by atoms with van der Waals surface area (Å²) in [6.07, 6.45) is 38.3. The van der Waals surface area contributed by atoms with Gasteiger partial charge in [-0.15, -0.1) is 0 Å². The number of aliphatic carboxylic acids is 2. The predicted octanol–water partition coefficient (Wildman–Crippen LogP) is 9.81. The van der Waals surface area contributed by atoms with Crippen molar-refractivity contribution in [2.75, 3.05) is 0 Å². The number of carbonyl (C=O) groups is 2. The van der Waals surface area contributed by atoms with Gasteiger partial charge < -0.3 is 19.8 Å². The summed E-state index contributed by atoms with van der Waals surface area (Å²) >= 11 is 7.96. The first-order valence-electron chi connectivity index (χ1n) is 18.1. The average Bonchev–Trinajstić information content (AvgIpc) is 2.97. The normalized spacial score (nSPS) is 12.2. The molecule has 0 aliphatic rings. The van der Waals surface area contributed by atoms with Crippen LogP contribution in [0, 0.1) is 0 Å². The smallest absolute Gasteiger partial charge is 0.549 e. The van der Waals surface area contributed by atoms with Gasteiger partial charge in [0.15, 0.2) is 0 Å². The van der Waals surface area contributed by atoms with Crippen LogP contribution in [0.3, 0.4) is 0 Å². The van der Waals surface area contributed by atoms with Crippen LogP contribution in [0.2, 0.25) is 0 Å². The maximum absolute atomic E-state index is 10.5. The molecule has 0 spiro atoms. The van der Waals surface area contributed by atoms with Crippen molar-refractivity contribution in [3.8, 4) is 0 Å². The maximum Gasteiger partial charge on any atom is 2.00 e. The zero-order valence-electron chi connectivity index (χ0n) is 28.6. The van der Waals surface area contributed by atoms with Crippen LogP contribution in [0.5, 0.6) is 0 Å². The van der Waals surface area contributed by atoms with E-state index in [0.717, 1.165) is 25.7 Å². The molecule has 0 bridgehead atoms. The van der Waals surface area contributed by atoms with Crippen molar-refractivity contribution in [2.45, 2.75) is 217 Å². The number of rotatable bonds is 32. The molecule has 0 aromatic carbocycles. The molecule has 0 N–H and O–H groups in total. The number of thiol groups is 2. The zero-order chi connectivity index (χ0) is 31.5. The molecule has 0 radical (unpaired) electrons. The summed E-state index contributed by atoms with van der Waals surface area (Å²) in [6.45, 7) is 4.53. The molecule has 0 aromatic rings. The van der Waals surface area contributed by atoms with E-state index in [1.807, 2.05) is 0 Å². The Balaban J connectivity index is -0.000000727. The van der Waals surface area contributed by atoms with E-state index in [-0.39, 0.29) is 19.5 Å². The molecule has 4 nitrogen and oxygen atoms in total. The van der Waals surface area contributed by atoms with Gasteiger partial charge in [-0.3, -0.25) is 0 Å². The Hall–Kier alpha value is 0.263. The van der Waals surface area contributed by atoms with Crippen LogP contribution in [-0.2, 0) is 29.1 Å². The van der Waals surface area contributed by atoms with Crippen LogP contribution >= 0.6 is 25.3 Å². The number of carbonyl (C=O) groups excluding carboxylic acids is 2. The van der Waals surface area contributed by atoms with Gasteiger partial charge >= 0.3 is 19.5 Å². The fourth-order valence-electron chi connectivity index (χ4n) is 5.30. The van der Waals surface area contributed by atoms with Gasteiger partial charge in [-0.1, -0.05) is 194 Å². The molecule has 0 amide bonds. The van der Waals surface area contributed by atoms with Gasteiger partial charge in [0.1, 0.15) is 0 Å². The van der Waals surface area contributed by atoms with Gasteiger partial charge in [-0.05, 0) is 12.8 Å². The van der Waals surface area contributed by atoms with Crippen molar-refractivity contribution in [1.29, 1.82) is 0 Å². The predicted molar refractivity (Wildman–Crippen MR) is 185 cm³/mol. The van der Waals surface area contributed by atoms with Crippen molar-refractivity contribution < 1.29 is 39.3 Å². The van der Waals surface area contributed by atoms with E-state index < -0.39 is 22.4 Å². The Kier molecular flexibility index (Phi) is 44.7.